The molecule has 0 aliphatic carbocycles. The van der Waals surface area contributed by atoms with E-state index in [1.54, 1.807) is 0 Å². The van der Waals surface area contributed by atoms with Crippen molar-refractivity contribution in [3.05, 3.63) is 36.5 Å². The van der Waals surface area contributed by atoms with Crippen LogP contribution in [0, 0.1) is 5.92 Å². The Bertz CT molecular complexity index is 716. The third-order valence-corrected chi connectivity index (χ3v) is 4.01. The van der Waals surface area contributed by atoms with E-state index in [1.165, 1.54) is 15.9 Å². The molecule has 9 heteroatoms. The molecule has 1 aromatic heterocycles. The molecule has 1 aromatic carbocycles. The summed E-state index contributed by atoms with van der Waals surface area (Å²) >= 11 is 0. The van der Waals surface area contributed by atoms with Crippen LogP contribution in [-0.2, 0) is 4.79 Å². The number of rotatable bonds is 4. The van der Waals surface area contributed by atoms with Gasteiger partial charge in [0.1, 0.15) is 0 Å². The number of carbonyl (C=O) groups excluding carboxylic acids is 1. The van der Waals surface area contributed by atoms with Gasteiger partial charge in [0, 0.05) is 6.54 Å². The molecular weight excluding hydrogens is 335 g/mol. The van der Waals surface area contributed by atoms with Gasteiger partial charge in [0.2, 0.25) is 5.91 Å². The summed E-state index contributed by atoms with van der Waals surface area (Å²) in [6.45, 7) is -0.535. The first-order valence-electron chi connectivity index (χ1n) is 7.98. The number of nitrogens with one attached hydrogen (secondary N) is 1. The third kappa shape index (κ3) is 4.79. The molecule has 1 saturated heterocycles. The summed E-state index contributed by atoms with van der Waals surface area (Å²) in [4.78, 5) is 15.0. The molecule has 1 fully saturated rings. The Balaban J connectivity index is 1.60. The molecule has 1 aliphatic rings. The van der Waals surface area contributed by atoms with Crippen molar-refractivity contribution in [1.82, 2.24) is 19.9 Å². The maximum atomic E-state index is 12.5. The first kappa shape index (κ1) is 17.4. The second kappa shape index (κ2) is 7.22. The largest absolute Gasteiger partial charge is 0.401 e. The van der Waals surface area contributed by atoms with Gasteiger partial charge in [-0.15, -0.1) is 9.90 Å². The van der Waals surface area contributed by atoms with Gasteiger partial charge in [0.15, 0.2) is 5.82 Å². The van der Waals surface area contributed by atoms with Gasteiger partial charge in [-0.25, -0.2) is 0 Å². The number of benzene rings is 1. The van der Waals surface area contributed by atoms with Crippen molar-refractivity contribution < 1.29 is 18.0 Å². The van der Waals surface area contributed by atoms with E-state index in [0.29, 0.717) is 19.4 Å². The summed E-state index contributed by atoms with van der Waals surface area (Å²) in [5.74, 6) is -0.535. The maximum Gasteiger partial charge on any atom is 0.401 e. The lowest BCUT2D eigenvalue weighted by atomic mass is 9.97. The zero-order chi connectivity index (χ0) is 17.9. The molecule has 134 valence electrons. The van der Waals surface area contributed by atoms with Crippen LogP contribution >= 0.6 is 0 Å². The van der Waals surface area contributed by atoms with Crippen molar-refractivity contribution in [1.29, 1.82) is 0 Å². The van der Waals surface area contributed by atoms with Crippen molar-refractivity contribution in [2.45, 2.75) is 19.0 Å². The van der Waals surface area contributed by atoms with Crippen LogP contribution in [0.3, 0.4) is 0 Å². The summed E-state index contributed by atoms with van der Waals surface area (Å²) in [5, 5.41) is 10.9. The molecular formula is C16H18F3N5O. The zero-order valence-electron chi connectivity index (χ0n) is 13.4. The number of nitrogens with zero attached hydrogens (tertiary/aromatic N) is 4. The van der Waals surface area contributed by atoms with Crippen LogP contribution in [0.1, 0.15) is 12.8 Å². The molecule has 2 heterocycles. The SMILES string of the molecule is O=C(Nc1cnn(-c2ccccc2)n1)C1CCCN(CC(F)(F)F)C1. The van der Waals surface area contributed by atoms with Gasteiger partial charge >= 0.3 is 6.18 Å². The first-order valence-corrected chi connectivity index (χ1v) is 7.98. The van der Waals surface area contributed by atoms with Crippen molar-refractivity contribution in [2.24, 2.45) is 5.92 Å². The van der Waals surface area contributed by atoms with Gasteiger partial charge in [-0.2, -0.15) is 18.3 Å². The quantitative estimate of drug-likeness (QED) is 0.917. The Morgan fingerprint density at radius 3 is 2.76 bits per heavy atom. The van der Waals surface area contributed by atoms with E-state index in [9.17, 15) is 18.0 Å². The predicted molar refractivity (Wildman–Crippen MR) is 85.2 cm³/mol. The normalized spacial score (nSPS) is 18.9. The maximum absolute atomic E-state index is 12.5. The third-order valence-electron chi connectivity index (χ3n) is 4.01. The fraction of sp³-hybridized carbons (Fsp3) is 0.438. The van der Waals surface area contributed by atoms with Crippen molar-refractivity contribution in [3.63, 3.8) is 0 Å². The number of anilines is 1. The van der Waals surface area contributed by atoms with Crippen molar-refractivity contribution >= 4 is 11.7 Å². The fourth-order valence-electron chi connectivity index (χ4n) is 2.90. The molecule has 1 aliphatic heterocycles. The molecule has 0 saturated carbocycles. The monoisotopic (exact) mass is 353 g/mol. The molecule has 6 nitrogen and oxygen atoms in total. The molecule has 1 unspecified atom stereocenters. The van der Waals surface area contributed by atoms with E-state index in [1.807, 2.05) is 30.3 Å². The van der Waals surface area contributed by atoms with Crippen LogP contribution in [0.25, 0.3) is 5.69 Å². The van der Waals surface area contributed by atoms with Crippen molar-refractivity contribution in [3.8, 4) is 5.69 Å². The molecule has 0 radical (unpaired) electrons. The van der Waals surface area contributed by atoms with Gasteiger partial charge in [-0.1, -0.05) is 18.2 Å². The Morgan fingerprint density at radius 2 is 2.04 bits per heavy atom. The highest BCUT2D eigenvalue weighted by molar-refractivity contribution is 5.91. The van der Waals surface area contributed by atoms with Gasteiger partial charge < -0.3 is 5.32 Å². The van der Waals surface area contributed by atoms with E-state index >= 15 is 0 Å². The average Bonchev–Trinajstić information content (AvgIpc) is 3.03. The van der Waals surface area contributed by atoms with Crippen LogP contribution in [0.15, 0.2) is 36.5 Å². The minimum Gasteiger partial charge on any atom is -0.308 e. The van der Waals surface area contributed by atoms with Crippen LogP contribution in [0.2, 0.25) is 0 Å². The number of likely N-dealkylation sites (tertiary alicyclic amines) is 1. The van der Waals surface area contributed by atoms with Gasteiger partial charge in [-0.3, -0.25) is 9.69 Å². The number of aromatic nitrogens is 3. The highest BCUT2D eigenvalue weighted by Crippen LogP contribution is 2.23. The number of hydrogen-bond acceptors (Lipinski definition) is 4. The Kier molecular flexibility index (Phi) is 5.03. The molecule has 25 heavy (non-hydrogen) atoms. The van der Waals surface area contributed by atoms with Crippen LogP contribution in [0.5, 0.6) is 0 Å². The van der Waals surface area contributed by atoms with Gasteiger partial charge in [-0.05, 0) is 31.5 Å². The number of amides is 1. The summed E-state index contributed by atoms with van der Waals surface area (Å²) < 4.78 is 37.5. The Labute approximate surface area is 142 Å². The molecule has 1 amide bonds. The van der Waals surface area contributed by atoms with E-state index in [0.717, 1.165) is 5.69 Å². The zero-order valence-corrected chi connectivity index (χ0v) is 13.4. The predicted octanol–water partition coefficient (Wildman–Crippen LogP) is 2.48. The van der Waals surface area contributed by atoms with Gasteiger partial charge in [0.05, 0.1) is 24.3 Å². The fourth-order valence-corrected chi connectivity index (χ4v) is 2.90. The van der Waals surface area contributed by atoms with Crippen LogP contribution in [-0.4, -0.2) is 51.6 Å². The highest BCUT2D eigenvalue weighted by Gasteiger charge is 2.34. The van der Waals surface area contributed by atoms with Crippen LogP contribution in [0.4, 0.5) is 19.0 Å². The van der Waals surface area contributed by atoms with E-state index in [2.05, 4.69) is 15.5 Å². The number of carbonyl (C=O) groups is 1. The van der Waals surface area contributed by atoms with Crippen LogP contribution < -0.4 is 5.32 Å². The summed E-state index contributed by atoms with van der Waals surface area (Å²) in [7, 11) is 0. The highest BCUT2D eigenvalue weighted by atomic mass is 19.4. The smallest absolute Gasteiger partial charge is 0.308 e. The lowest BCUT2D eigenvalue weighted by molar-refractivity contribution is -0.151. The minimum atomic E-state index is -4.25. The molecule has 2 aromatic rings. The van der Waals surface area contributed by atoms with E-state index < -0.39 is 18.6 Å². The topological polar surface area (TPSA) is 63.1 Å². The number of para-hydroxylation sites is 1. The Morgan fingerprint density at radius 1 is 1.28 bits per heavy atom. The van der Waals surface area contributed by atoms with E-state index in [-0.39, 0.29) is 18.3 Å². The molecule has 1 N–H and O–H groups in total. The lowest BCUT2D eigenvalue weighted by Crippen LogP contribution is -2.44. The van der Waals surface area contributed by atoms with E-state index in [4.69, 9.17) is 0 Å². The molecule has 1 atom stereocenters. The second-order valence-corrected chi connectivity index (χ2v) is 6.03. The molecule has 0 bridgehead atoms. The lowest BCUT2D eigenvalue weighted by Gasteiger charge is -2.32. The number of halogens is 3. The Hall–Kier alpha value is -2.42. The first-order chi connectivity index (χ1) is 11.9. The minimum absolute atomic E-state index is 0.0954. The summed E-state index contributed by atoms with van der Waals surface area (Å²) in [5.41, 5.74) is 0.747. The molecule has 3 rings (SSSR count). The molecule has 0 spiro atoms. The number of piperidine rings is 1. The average molecular weight is 353 g/mol. The van der Waals surface area contributed by atoms with Crippen molar-refractivity contribution in [2.75, 3.05) is 25.0 Å². The summed E-state index contributed by atoms with van der Waals surface area (Å²) in [6, 6.07) is 9.19. The number of alkyl halides is 3. The summed E-state index contributed by atoms with van der Waals surface area (Å²) in [6.07, 6.45) is -1.71. The van der Waals surface area contributed by atoms with Gasteiger partial charge in [0.25, 0.3) is 0 Å². The number of hydrogen-bond donors (Lipinski definition) is 1. The standard InChI is InChI=1S/C16H18F3N5O/c17-16(18,19)11-23-8-4-5-12(10-23)15(25)21-14-9-20-24(22-14)13-6-2-1-3-7-13/h1-3,6-7,9,12H,4-5,8,10-11H2,(H,21,22,25). The second-order valence-electron chi connectivity index (χ2n) is 6.03.